The van der Waals surface area contributed by atoms with Gasteiger partial charge in [-0.1, -0.05) is 107 Å². The predicted molar refractivity (Wildman–Crippen MR) is 202 cm³/mol. The van der Waals surface area contributed by atoms with E-state index in [0.717, 1.165) is 61.7 Å². The lowest BCUT2D eigenvalue weighted by Crippen LogP contribution is -2.51. The number of ether oxygens (including phenoxy) is 1. The fourth-order valence-electron chi connectivity index (χ4n) is 10.9. The minimum absolute atomic E-state index is 0.0442. The lowest BCUT2D eigenvalue weighted by atomic mass is 9.47. The lowest BCUT2D eigenvalue weighted by molar-refractivity contribution is -0.151. The van der Waals surface area contributed by atoms with Crippen LogP contribution in [0.25, 0.3) is 0 Å². The van der Waals surface area contributed by atoms with Crippen LogP contribution in [0.4, 0.5) is 0 Å². The van der Waals surface area contributed by atoms with Gasteiger partial charge in [0.2, 0.25) is 0 Å². The van der Waals surface area contributed by atoms with Crippen LogP contribution >= 0.6 is 0 Å². The highest BCUT2D eigenvalue weighted by atomic mass is 16.5. The lowest BCUT2D eigenvalue weighted by Gasteiger charge is -2.58. The number of hydrogen-bond donors (Lipinski definition) is 0. The van der Waals surface area contributed by atoms with Crippen LogP contribution in [0.2, 0.25) is 0 Å². The smallest absolute Gasteiger partial charge is 0.306 e. The molecule has 0 aromatic heterocycles. The quantitative estimate of drug-likeness (QED) is 0.0793. The second-order valence-electron chi connectivity index (χ2n) is 17.2. The molecule has 4 aliphatic carbocycles. The fraction of sp³-hybridized carbons (Fsp3) is 0.800. The average Bonchev–Trinajstić information content (AvgIpc) is 3.40. The van der Waals surface area contributed by atoms with Crippen molar-refractivity contribution < 1.29 is 9.53 Å². The van der Waals surface area contributed by atoms with E-state index in [9.17, 15) is 4.79 Å². The Morgan fingerprint density at radius 3 is 2.34 bits per heavy atom. The first-order valence-corrected chi connectivity index (χ1v) is 20.5. The molecule has 0 aromatic carbocycles. The zero-order chi connectivity index (χ0) is 33.7. The van der Waals surface area contributed by atoms with Crippen molar-refractivity contribution in [2.45, 2.75) is 189 Å². The molecule has 4 aliphatic rings. The molecule has 0 N–H and O–H groups in total. The van der Waals surface area contributed by atoms with Gasteiger partial charge in [0.15, 0.2) is 0 Å². The molecule has 4 rings (SSSR count). The maximum Gasteiger partial charge on any atom is 0.306 e. The highest BCUT2D eigenvalue weighted by Gasteiger charge is 2.59. The van der Waals surface area contributed by atoms with Crippen molar-refractivity contribution in [1.29, 1.82) is 0 Å². The van der Waals surface area contributed by atoms with Gasteiger partial charge in [-0.05, 0) is 151 Å². The van der Waals surface area contributed by atoms with Crippen molar-refractivity contribution in [1.82, 2.24) is 0 Å². The summed E-state index contributed by atoms with van der Waals surface area (Å²) in [6.45, 7) is 14.6. The molecule has 0 amide bonds. The molecular weight excluding hydrogens is 572 g/mol. The Hall–Kier alpha value is -1.57. The normalized spacial score (nSPS) is 32.5. The molecular formula is C45H74O2. The van der Waals surface area contributed by atoms with Crippen LogP contribution in [0, 0.1) is 40.4 Å². The summed E-state index contributed by atoms with van der Waals surface area (Å²) in [5.41, 5.74) is 3.95. The van der Waals surface area contributed by atoms with E-state index in [2.05, 4.69) is 78.0 Å². The number of fused-ring (bicyclic) bond motifs is 5. The zero-order valence-electron chi connectivity index (χ0n) is 31.8. The van der Waals surface area contributed by atoms with Crippen LogP contribution in [0.15, 0.2) is 47.6 Å². The number of hydrogen-bond acceptors (Lipinski definition) is 2. The Morgan fingerprint density at radius 1 is 0.872 bits per heavy atom. The first-order valence-electron chi connectivity index (χ1n) is 20.5. The van der Waals surface area contributed by atoms with Gasteiger partial charge in [0.1, 0.15) is 6.10 Å². The van der Waals surface area contributed by atoms with Gasteiger partial charge in [0.25, 0.3) is 0 Å². The third-order valence-corrected chi connectivity index (χ3v) is 13.6. The van der Waals surface area contributed by atoms with E-state index >= 15 is 0 Å². The highest BCUT2D eigenvalue weighted by molar-refractivity contribution is 5.69. The zero-order valence-corrected chi connectivity index (χ0v) is 31.8. The van der Waals surface area contributed by atoms with E-state index < -0.39 is 0 Å². The van der Waals surface area contributed by atoms with Gasteiger partial charge in [0, 0.05) is 12.8 Å². The van der Waals surface area contributed by atoms with Gasteiger partial charge in [-0.15, -0.1) is 0 Å². The van der Waals surface area contributed by atoms with E-state index in [4.69, 9.17) is 4.74 Å². The van der Waals surface area contributed by atoms with Crippen molar-refractivity contribution in [2.24, 2.45) is 40.4 Å². The molecule has 0 aromatic rings. The van der Waals surface area contributed by atoms with E-state index in [1.54, 1.807) is 5.57 Å². The Kier molecular flexibility index (Phi) is 15.4. The summed E-state index contributed by atoms with van der Waals surface area (Å²) >= 11 is 0. The molecule has 0 saturated heterocycles. The fourth-order valence-corrected chi connectivity index (χ4v) is 10.9. The summed E-state index contributed by atoms with van der Waals surface area (Å²) in [7, 11) is 0. The van der Waals surface area contributed by atoms with Gasteiger partial charge >= 0.3 is 5.97 Å². The molecule has 8 unspecified atom stereocenters. The molecule has 0 spiro atoms. The Morgan fingerprint density at radius 2 is 1.60 bits per heavy atom. The summed E-state index contributed by atoms with van der Waals surface area (Å²) < 4.78 is 6.11. The highest BCUT2D eigenvalue weighted by Crippen LogP contribution is 2.67. The van der Waals surface area contributed by atoms with Crippen molar-refractivity contribution in [3.8, 4) is 0 Å². The van der Waals surface area contributed by atoms with E-state index in [1.807, 2.05) is 0 Å². The topological polar surface area (TPSA) is 26.3 Å². The van der Waals surface area contributed by atoms with Crippen LogP contribution in [0.3, 0.4) is 0 Å². The second kappa shape index (κ2) is 19.0. The van der Waals surface area contributed by atoms with Crippen LogP contribution < -0.4 is 0 Å². The molecule has 266 valence electrons. The molecule has 0 bridgehead atoms. The standard InChI is InChI=1S/C45H74O2/c1-7-8-9-10-11-12-13-14-15-16-17-18-19-20-21-25-43(46)47-38-30-32-44(5)37(34-38)26-27-39-41-29-28-40(36(4)24-22-23-35(2)3)45(41,6)33-31-42(39)44/h11-12,14-15,23,26,36,38-42H,7-10,13,16-22,24-25,27-34H2,1-6H3. The first kappa shape index (κ1) is 38.2. The second-order valence-corrected chi connectivity index (χ2v) is 17.2. The van der Waals surface area contributed by atoms with Crippen molar-refractivity contribution >= 4 is 5.97 Å². The average molecular weight is 647 g/mol. The first-order chi connectivity index (χ1) is 22.7. The third-order valence-electron chi connectivity index (χ3n) is 13.6. The summed E-state index contributed by atoms with van der Waals surface area (Å²) in [4.78, 5) is 12.8. The molecule has 2 nitrogen and oxygen atoms in total. The number of rotatable bonds is 19. The minimum atomic E-state index is 0.0442. The van der Waals surface area contributed by atoms with Crippen LogP contribution in [0.5, 0.6) is 0 Å². The summed E-state index contributed by atoms with van der Waals surface area (Å²) in [6.07, 6.45) is 41.2. The van der Waals surface area contributed by atoms with Crippen LogP contribution in [-0.2, 0) is 9.53 Å². The van der Waals surface area contributed by atoms with Crippen molar-refractivity contribution in [3.63, 3.8) is 0 Å². The maximum absolute atomic E-state index is 12.8. The Balaban J connectivity index is 1.13. The maximum atomic E-state index is 12.8. The van der Waals surface area contributed by atoms with Gasteiger partial charge in [0.05, 0.1) is 0 Å². The van der Waals surface area contributed by atoms with Crippen LogP contribution in [-0.4, -0.2) is 12.1 Å². The number of esters is 1. The molecule has 0 heterocycles. The number of carbonyl (C=O) groups excluding carboxylic acids is 1. The summed E-state index contributed by atoms with van der Waals surface area (Å²) in [5.74, 6) is 4.34. The van der Waals surface area contributed by atoms with E-state index in [0.29, 0.717) is 17.3 Å². The van der Waals surface area contributed by atoms with Gasteiger partial charge in [-0.25, -0.2) is 0 Å². The Bertz CT molecular complexity index is 1070. The number of unbranched alkanes of at least 4 members (excludes halogenated alkanes) is 8. The Labute approximate surface area is 291 Å². The van der Waals surface area contributed by atoms with E-state index in [1.165, 1.54) is 108 Å². The number of allylic oxidation sites excluding steroid dienone is 7. The molecule has 0 aliphatic heterocycles. The van der Waals surface area contributed by atoms with E-state index in [-0.39, 0.29) is 12.1 Å². The summed E-state index contributed by atoms with van der Waals surface area (Å²) in [5, 5.41) is 0. The molecule has 0 radical (unpaired) electrons. The molecule has 8 atom stereocenters. The largest absolute Gasteiger partial charge is 0.462 e. The van der Waals surface area contributed by atoms with Gasteiger partial charge in [-0.2, -0.15) is 0 Å². The van der Waals surface area contributed by atoms with Crippen molar-refractivity contribution in [2.75, 3.05) is 0 Å². The third kappa shape index (κ3) is 10.5. The molecule has 47 heavy (non-hydrogen) atoms. The minimum Gasteiger partial charge on any atom is -0.462 e. The summed E-state index contributed by atoms with van der Waals surface area (Å²) in [6, 6.07) is 0. The number of carbonyl (C=O) groups is 1. The van der Waals surface area contributed by atoms with Gasteiger partial charge in [-0.3, -0.25) is 4.79 Å². The van der Waals surface area contributed by atoms with Crippen LogP contribution in [0.1, 0.15) is 183 Å². The van der Waals surface area contributed by atoms with Gasteiger partial charge < -0.3 is 4.74 Å². The molecule has 3 fully saturated rings. The monoisotopic (exact) mass is 647 g/mol. The predicted octanol–water partition coefficient (Wildman–Crippen LogP) is 13.7. The molecule has 2 heteroatoms. The SMILES string of the molecule is CCCCCC=CCC=CCCCCCCCC(=O)OC1CCC2(C)C(=CCC3C2CCC2(C)C(C(C)CCC=C(C)C)CCC32)C1. The van der Waals surface area contributed by atoms with Crippen molar-refractivity contribution in [3.05, 3.63) is 47.6 Å². The molecule has 3 saturated carbocycles.